The van der Waals surface area contributed by atoms with Crippen LogP contribution in [0.4, 0.5) is 0 Å². The smallest absolute Gasteiger partial charge is 1.00 e. The molecule has 0 aliphatic rings. The van der Waals surface area contributed by atoms with Crippen molar-refractivity contribution in [2.24, 2.45) is 0 Å². The van der Waals surface area contributed by atoms with Crippen LogP contribution in [-0.2, 0) is 39.4 Å². The normalized spacial score (nSPS) is 0. The van der Waals surface area contributed by atoms with E-state index in [1.807, 2.05) is 0 Å². The summed E-state index contributed by atoms with van der Waals surface area (Å²) in [5, 5.41) is 0. The number of hydrogen-bond donors (Lipinski definition) is 0. The van der Waals surface area contributed by atoms with Gasteiger partial charge in [-0.05, 0) is 0 Å². The summed E-state index contributed by atoms with van der Waals surface area (Å²) in [5.74, 6) is 0. The second-order valence-corrected chi connectivity index (χ2v) is 0. The molecule has 0 N–H and O–H groups in total. The minimum Gasteiger partial charge on any atom is -1.00 e. The molecule has 5 heavy (non-hydrogen) atoms. The van der Waals surface area contributed by atoms with Gasteiger partial charge in [-0.15, -0.1) is 0 Å². The monoisotopic (exact) mass is 231 g/mol. The second-order valence-electron chi connectivity index (χ2n) is 0. The first-order valence-corrected chi connectivity index (χ1v) is 0. The molecule has 0 bridgehead atoms. The number of hydrogen-bond acceptors (Lipinski definition) is 0. The molecule has 0 atom stereocenters. The maximum absolute atomic E-state index is 0. The Kier molecular flexibility index (Phi) is 228. The first-order valence-electron chi connectivity index (χ1n) is 0. The van der Waals surface area contributed by atoms with Gasteiger partial charge in [0.25, 0.3) is 0 Å². The average molecular weight is 233 g/mol. The molecular weight excluding hydrogens is 230 g/mol. The number of rotatable bonds is 0. The Balaban J connectivity index is 0. The summed E-state index contributed by atoms with van der Waals surface area (Å²) >= 11 is 0. The molecule has 0 aromatic carbocycles. The third kappa shape index (κ3) is 19.1. The standard InChI is InChI=1S/Ag.Al.Cu.Li.Mg.3H/q;;;+1;+2;3*-1. The van der Waals surface area contributed by atoms with Gasteiger partial charge in [0, 0.05) is 56.8 Å². The molecule has 0 amide bonds. The Labute approximate surface area is 101 Å². The predicted molar refractivity (Wildman–Crippen MR) is 14.8 cm³/mol. The SMILES string of the molecule is [Ag].[Al].[Cu].[H-].[H-].[H-].[Li+].[Mg+2]. The third-order valence-corrected chi connectivity index (χ3v) is 0. The van der Waals surface area contributed by atoms with Crippen molar-refractivity contribution in [2.45, 2.75) is 0 Å². The van der Waals surface area contributed by atoms with Crippen molar-refractivity contribution in [1.82, 2.24) is 0 Å². The van der Waals surface area contributed by atoms with E-state index in [-0.39, 0.29) is 103 Å². The van der Waals surface area contributed by atoms with Crippen LogP contribution in [0.1, 0.15) is 4.28 Å². The second kappa shape index (κ2) is 27.2. The molecule has 0 nitrogen and oxygen atoms in total. The van der Waals surface area contributed by atoms with E-state index in [4.69, 9.17) is 0 Å². The minimum atomic E-state index is 0. The Morgan fingerprint density at radius 2 is 1.20 bits per heavy atom. The first-order chi connectivity index (χ1) is 0. The average Bonchev–Trinajstić information content (AvgIpc) is 0. The fraction of sp³-hybridized carbons (Fsp3) is 0. The Bertz CT molecular complexity index is 19.2. The predicted octanol–water partition coefficient (Wildman–Crippen LogP) is -3.43. The molecule has 0 spiro atoms. The van der Waals surface area contributed by atoms with Crippen LogP contribution in [0.5, 0.6) is 0 Å². The van der Waals surface area contributed by atoms with E-state index >= 15 is 0 Å². The maximum Gasteiger partial charge on any atom is 2.00 e. The quantitative estimate of drug-likeness (QED) is 0.382. The van der Waals surface area contributed by atoms with E-state index in [0.717, 1.165) is 0 Å². The van der Waals surface area contributed by atoms with Crippen molar-refractivity contribution in [3.05, 3.63) is 0 Å². The van der Waals surface area contributed by atoms with Crippen LogP contribution in [0.2, 0.25) is 0 Å². The van der Waals surface area contributed by atoms with Crippen LogP contribution in [0.25, 0.3) is 0 Å². The van der Waals surface area contributed by atoms with E-state index in [0.29, 0.717) is 0 Å². The van der Waals surface area contributed by atoms with E-state index in [1.165, 1.54) is 0 Å². The molecule has 0 aromatic rings. The van der Waals surface area contributed by atoms with Crippen molar-refractivity contribution in [3.8, 4) is 0 Å². The zero-order valence-electron chi connectivity index (χ0n) is 5.89. The summed E-state index contributed by atoms with van der Waals surface area (Å²) in [4.78, 5) is 0. The molecule has 5 radical (unpaired) electrons. The van der Waals surface area contributed by atoms with Gasteiger partial charge in [0.05, 0.1) is 0 Å². The zero-order valence-corrected chi connectivity index (χ0v) is 7.88. The molecule has 0 fully saturated rings. The van der Waals surface area contributed by atoms with Crippen molar-refractivity contribution >= 4 is 40.4 Å². The van der Waals surface area contributed by atoms with E-state index in [2.05, 4.69) is 0 Å². The Morgan fingerprint density at radius 1 is 1.20 bits per heavy atom. The molecule has 0 unspecified atom stereocenters. The van der Waals surface area contributed by atoms with Gasteiger partial charge in [-0.3, -0.25) is 0 Å². The molecule has 0 saturated heterocycles. The Hall–Kier alpha value is 3.16. The zero-order chi connectivity index (χ0) is 0. The summed E-state index contributed by atoms with van der Waals surface area (Å²) in [5.41, 5.74) is 0. The van der Waals surface area contributed by atoms with E-state index in [9.17, 15) is 0 Å². The van der Waals surface area contributed by atoms with Gasteiger partial charge in [0.1, 0.15) is 0 Å². The summed E-state index contributed by atoms with van der Waals surface area (Å²) < 4.78 is 0. The summed E-state index contributed by atoms with van der Waals surface area (Å²) in [6.07, 6.45) is 0. The van der Waals surface area contributed by atoms with Gasteiger partial charge in [0.15, 0.2) is 0 Å². The van der Waals surface area contributed by atoms with Crippen molar-refractivity contribution in [2.75, 3.05) is 0 Å². The van der Waals surface area contributed by atoms with Crippen LogP contribution in [0.3, 0.4) is 0 Å². The van der Waals surface area contributed by atoms with Crippen LogP contribution in [-0.4, -0.2) is 40.4 Å². The Morgan fingerprint density at radius 3 is 1.20 bits per heavy atom. The van der Waals surface area contributed by atoms with Gasteiger partial charge in [-0.1, -0.05) is 0 Å². The molecule has 0 saturated carbocycles. The first kappa shape index (κ1) is 41.9. The molecule has 0 aromatic heterocycles. The van der Waals surface area contributed by atoms with Gasteiger partial charge in [-0.2, -0.15) is 0 Å². The summed E-state index contributed by atoms with van der Waals surface area (Å²) in [7, 11) is 0. The van der Waals surface area contributed by atoms with Gasteiger partial charge in [-0.25, -0.2) is 0 Å². The molecule has 0 aliphatic heterocycles. The summed E-state index contributed by atoms with van der Waals surface area (Å²) in [6.45, 7) is 0. The van der Waals surface area contributed by atoms with Crippen LogP contribution in [0.15, 0.2) is 0 Å². The molecular formula is H3AgAlCuLiMg. The fourth-order valence-electron chi connectivity index (χ4n) is 0. The van der Waals surface area contributed by atoms with Crippen molar-refractivity contribution in [1.29, 1.82) is 0 Å². The van der Waals surface area contributed by atoms with E-state index < -0.39 is 0 Å². The molecule has 5 heteroatoms. The topological polar surface area (TPSA) is 0 Å². The third-order valence-electron chi connectivity index (χ3n) is 0. The van der Waals surface area contributed by atoms with Crippen LogP contribution < -0.4 is 18.9 Å². The minimum absolute atomic E-state index is 0. The van der Waals surface area contributed by atoms with E-state index in [1.54, 1.807) is 0 Å². The van der Waals surface area contributed by atoms with Gasteiger partial charge in [0.2, 0.25) is 0 Å². The van der Waals surface area contributed by atoms with Crippen molar-refractivity contribution in [3.63, 3.8) is 0 Å². The van der Waals surface area contributed by atoms with Crippen LogP contribution >= 0.6 is 0 Å². The summed E-state index contributed by atoms with van der Waals surface area (Å²) in [6, 6.07) is 0. The van der Waals surface area contributed by atoms with Crippen LogP contribution in [0, 0.1) is 0 Å². The molecule has 0 rings (SSSR count). The van der Waals surface area contributed by atoms with Crippen molar-refractivity contribution < 1.29 is 62.6 Å². The fourth-order valence-corrected chi connectivity index (χ4v) is 0. The van der Waals surface area contributed by atoms with Gasteiger partial charge >= 0.3 is 41.9 Å². The maximum atomic E-state index is 0. The largest absolute Gasteiger partial charge is 2.00 e. The molecule has 0 heterocycles. The molecule has 31 valence electrons. The molecule has 0 aliphatic carbocycles. The van der Waals surface area contributed by atoms with Gasteiger partial charge < -0.3 is 4.28 Å².